The lowest BCUT2D eigenvalue weighted by molar-refractivity contribution is -0.149. The van der Waals surface area contributed by atoms with Crippen LogP contribution in [0.5, 0.6) is 0 Å². The molecule has 0 aromatic heterocycles. The molecule has 1 N–H and O–H groups in total. The maximum Gasteiger partial charge on any atom is 0.487 e. The second-order valence-electron chi connectivity index (χ2n) is 6.10. The predicted molar refractivity (Wildman–Crippen MR) is 111 cm³/mol. The summed E-state index contributed by atoms with van der Waals surface area (Å²) in [4.78, 5) is 15.9. The molecular formula is C22H24N2O3P+. The third-order valence-electron chi connectivity index (χ3n) is 4.13. The number of benzene rings is 2. The Labute approximate surface area is 165 Å². The van der Waals surface area contributed by atoms with E-state index < -0.39 is 18.6 Å². The minimum absolute atomic E-state index is 0.118. The molecule has 2 aromatic rings. The lowest BCUT2D eigenvalue weighted by Crippen LogP contribution is -2.30. The Morgan fingerprint density at radius 1 is 1.00 bits per heavy atom. The summed E-state index contributed by atoms with van der Waals surface area (Å²) in [5.74, 6) is 4.86. The van der Waals surface area contributed by atoms with Crippen molar-refractivity contribution in [2.24, 2.45) is 0 Å². The summed E-state index contributed by atoms with van der Waals surface area (Å²) in [6.07, 6.45) is 3.99. The van der Waals surface area contributed by atoms with E-state index in [1.807, 2.05) is 0 Å². The largest absolute Gasteiger partial charge is 0.487 e. The highest BCUT2D eigenvalue weighted by molar-refractivity contribution is 7.95. The van der Waals surface area contributed by atoms with E-state index in [1.165, 1.54) is 0 Å². The first-order valence-corrected chi connectivity index (χ1v) is 10.9. The molecule has 0 aliphatic heterocycles. The van der Waals surface area contributed by atoms with Gasteiger partial charge >= 0.3 is 11.4 Å². The second kappa shape index (κ2) is 11.0. The third kappa shape index (κ3) is 5.30. The van der Waals surface area contributed by atoms with Gasteiger partial charge in [0.25, 0.3) is 7.14 Å². The SMILES string of the molecule is CCCCCC#CCOC(=O)C(=[N+]=N)P(=O)(c1ccccc1)c1ccccc1. The highest BCUT2D eigenvalue weighted by Gasteiger charge is 2.48. The highest BCUT2D eigenvalue weighted by Crippen LogP contribution is 2.44. The first-order valence-electron chi connectivity index (χ1n) is 9.23. The van der Waals surface area contributed by atoms with Gasteiger partial charge in [0.2, 0.25) is 0 Å². The van der Waals surface area contributed by atoms with Crippen LogP contribution in [0.2, 0.25) is 0 Å². The predicted octanol–water partition coefficient (Wildman–Crippen LogP) is 3.77. The van der Waals surface area contributed by atoms with Crippen molar-refractivity contribution in [1.82, 2.24) is 0 Å². The number of unbranched alkanes of at least 4 members (excludes halogenated alkanes) is 3. The number of esters is 1. The molecule has 0 heterocycles. The third-order valence-corrected chi connectivity index (χ3v) is 7.06. The minimum Gasteiger partial charge on any atom is -0.443 e. The van der Waals surface area contributed by atoms with Crippen LogP contribution in [0, 0.1) is 17.4 Å². The molecule has 144 valence electrons. The smallest absolute Gasteiger partial charge is 0.443 e. The molecule has 0 saturated heterocycles. The van der Waals surface area contributed by atoms with Gasteiger partial charge in [-0.1, -0.05) is 92.3 Å². The molecule has 0 radical (unpaired) electrons. The van der Waals surface area contributed by atoms with E-state index in [1.54, 1.807) is 60.7 Å². The van der Waals surface area contributed by atoms with Gasteiger partial charge in [0.15, 0.2) is 6.61 Å². The normalized spacial score (nSPS) is 10.3. The van der Waals surface area contributed by atoms with E-state index >= 15 is 0 Å². The molecule has 5 nitrogen and oxygen atoms in total. The zero-order valence-electron chi connectivity index (χ0n) is 15.9. The summed E-state index contributed by atoms with van der Waals surface area (Å²) < 4.78 is 19.2. The van der Waals surface area contributed by atoms with E-state index in [2.05, 4.69) is 23.6 Å². The molecule has 0 aliphatic carbocycles. The van der Waals surface area contributed by atoms with E-state index in [9.17, 15) is 9.36 Å². The monoisotopic (exact) mass is 395 g/mol. The summed E-state index contributed by atoms with van der Waals surface area (Å²) in [6, 6.07) is 17.2. The van der Waals surface area contributed by atoms with Crippen molar-refractivity contribution in [1.29, 1.82) is 5.53 Å². The number of nitrogens with zero attached hydrogens (tertiary/aromatic N) is 1. The van der Waals surface area contributed by atoms with Gasteiger partial charge < -0.3 is 9.30 Å². The number of rotatable bonds is 8. The van der Waals surface area contributed by atoms with Gasteiger partial charge in [0, 0.05) is 17.0 Å². The minimum atomic E-state index is -3.62. The molecule has 0 atom stereocenters. The quantitative estimate of drug-likeness (QED) is 0.141. The fraction of sp³-hybridized carbons (Fsp3) is 0.273. The second-order valence-corrected chi connectivity index (χ2v) is 8.78. The Morgan fingerprint density at radius 2 is 1.57 bits per heavy atom. The van der Waals surface area contributed by atoms with Crippen LogP contribution in [0.15, 0.2) is 60.7 Å². The van der Waals surface area contributed by atoms with Gasteiger partial charge in [-0.25, -0.2) is 4.79 Å². The molecule has 0 aliphatic rings. The van der Waals surface area contributed by atoms with Crippen molar-refractivity contribution in [2.45, 2.75) is 32.6 Å². The summed E-state index contributed by atoms with van der Waals surface area (Å²) in [7, 11) is -3.62. The van der Waals surface area contributed by atoms with Crippen LogP contribution in [-0.4, -0.2) is 22.8 Å². The van der Waals surface area contributed by atoms with Crippen LogP contribution in [0.4, 0.5) is 0 Å². The Kier molecular flexibility index (Phi) is 8.43. The van der Waals surface area contributed by atoms with Crippen molar-refractivity contribution in [3.63, 3.8) is 0 Å². The van der Waals surface area contributed by atoms with Gasteiger partial charge in [-0.05, 0) is 6.42 Å². The number of ether oxygens (including phenoxy) is 1. The summed E-state index contributed by atoms with van der Waals surface area (Å²) >= 11 is 0. The lowest BCUT2D eigenvalue weighted by Gasteiger charge is -2.13. The standard InChI is InChI=1S/C22H24N2O3P/c1-2-3-4-5-6-13-18-27-22(25)21(24-23)28(26,19-14-9-7-10-15-19)20-16-11-8-12-17-20/h7-12,14-17,23H,2-5,18H2,1H3/q+1. The number of hydrogen-bond acceptors (Lipinski definition) is 4. The molecule has 0 bridgehead atoms. The molecular weight excluding hydrogens is 371 g/mol. The van der Waals surface area contributed by atoms with Crippen molar-refractivity contribution in [2.75, 3.05) is 6.61 Å². The van der Waals surface area contributed by atoms with E-state index in [0.29, 0.717) is 10.6 Å². The molecule has 6 heteroatoms. The maximum absolute atomic E-state index is 14.0. The average molecular weight is 395 g/mol. The molecule has 2 rings (SSSR count). The van der Waals surface area contributed by atoms with Crippen molar-refractivity contribution < 1.29 is 18.9 Å². The van der Waals surface area contributed by atoms with Gasteiger partial charge in [-0.2, -0.15) is 0 Å². The van der Waals surface area contributed by atoms with E-state index in [4.69, 9.17) is 10.3 Å². The van der Waals surface area contributed by atoms with Crippen LogP contribution < -0.4 is 10.6 Å². The Morgan fingerprint density at radius 3 is 2.07 bits per heavy atom. The van der Waals surface area contributed by atoms with Gasteiger partial charge in [-0.15, -0.1) is 0 Å². The zero-order chi connectivity index (χ0) is 20.2. The first kappa shape index (κ1) is 21.4. The van der Waals surface area contributed by atoms with Crippen LogP contribution >= 0.6 is 7.14 Å². The van der Waals surface area contributed by atoms with Crippen molar-refractivity contribution in [3.05, 3.63) is 60.7 Å². The van der Waals surface area contributed by atoms with E-state index in [-0.39, 0.29) is 6.61 Å². The van der Waals surface area contributed by atoms with Gasteiger partial charge in [-0.3, -0.25) is 0 Å². The zero-order valence-corrected chi connectivity index (χ0v) is 16.8. The van der Waals surface area contributed by atoms with Crippen LogP contribution in [0.25, 0.3) is 0 Å². The summed E-state index contributed by atoms with van der Waals surface area (Å²) in [5.41, 5.74) is 7.11. The Hall–Kier alpha value is -2.92. The number of carbonyl (C=O) groups excluding carboxylic acids is 1. The maximum atomic E-state index is 14.0. The molecule has 0 fully saturated rings. The molecule has 0 spiro atoms. The highest BCUT2D eigenvalue weighted by atomic mass is 31.2. The summed E-state index contributed by atoms with van der Waals surface area (Å²) in [6.45, 7) is 2.00. The number of nitrogens with one attached hydrogen (secondary N) is 1. The van der Waals surface area contributed by atoms with Crippen LogP contribution in [0.1, 0.15) is 32.6 Å². The summed E-state index contributed by atoms with van der Waals surface area (Å²) in [5, 5.41) is 0.851. The molecule has 0 unspecified atom stereocenters. The topological polar surface area (TPSA) is 81.3 Å². The van der Waals surface area contributed by atoms with E-state index in [0.717, 1.165) is 25.7 Å². The number of carbonyl (C=O) groups is 1. The number of hydrogen-bond donors (Lipinski definition) is 1. The molecule has 0 saturated carbocycles. The van der Waals surface area contributed by atoms with Crippen LogP contribution in [-0.2, 0) is 14.1 Å². The fourth-order valence-electron chi connectivity index (χ4n) is 2.68. The van der Waals surface area contributed by atoms with Gasteiger partial charge in [0.05, 0.1) is 10.3 Å². The first-order chi connectivity index (χ1) is 13.6. The van der Waals surface area contributed by atoms with Crippen molar-refractivity contribution >= 4 is 29.2 Å². The Balaban J connectivity index is 2.26. The van der Waals surface area contributed by atoms with Crippen LogP contribution in [0.3, 0.4) is 0 Å². The molecule has 28 heavy (non-hydrogen) atoms. The molecule has 2 aromatic carbocycles. The van der Waals surface area contributed by atoms with Crippen molar-refractivity contribution in [3.8, 4) is 11.8 Å². The fourth-order valence-corrected chi connectivity index (χ4v) is 5.12. The average Bonchev–Trinajstić information content (AvgIpc) is 2.74. The lowest BCUT2D eigenvalue weighted by atomic mass is 10.2. The van der Waals surface area contributed by atoms with Gasteiger partial charge in [0.1, 0.15) is 0 Å². The Bertz CT molecular complexity index is 896. The molecule has 0 amide bonds.